The first kappa shape index (κ1) is 38.6. The van der Waals surface area contributed by atoms with Crippen LogP contribution in [0.25, 0.3) is 0 Å². The molecular formula is C24H44O21. The molecule has 45 heavy (non-hydrogen) atoms. The molecule has 21 heteroatoms. The average molecular weight is 669 g/mol. The van der Waals surface area contributed by atoms with Crippen molar-refractivity contribution >= 4 is 0 Å². The first-order valence-electron chi connectivity index (χ1n) is 14.0. The molecule has 0 spiro atoms. The van der Waals surface area contributed by atoms with Crippen LogP contribution in [0.15, 0.2) is 0 Å². The lowest BCUT2D eigenvalue weighted by molar-refractivity contribution is -0.343. The van der Waals surface area contributed by atoms with Gasteiger partial charge in [0.25, 0.3) is 0 Å². The van der Waals surface area contributed by atoms with Gasteiger partial charge in [0.1, 0.15) is 97.7 Å². The Morgan fingerprint density at radius 2 is 0.800 bits per heavy atom. The van der Waals surface area contributed by atoms with Gasteiger partial charge in [-0.3, -0.25) is 0 Å². The van der Waals surface area contributed by atoms with Gasteiger partial charge >= 0.3 is 0 Å². The van der Waals surface area contributed by atoms with Crippen LogP contribution in [0.1, 0.15) is 0 Å². The fraction of sp³-hybridized carbons (Fsp3) is 1.00. The highest BCUT2D eigenvalue weighted by molar-refractivity contribution is 4.93. The normalized spacial score (nSPS) is 45.5. The summed E-state index contributed by atoms with van der Waals surface area (Å²) in [7, 11) is 0. The summed E-state index contributed by atoms with van der Waals surface area (Å²) in [6.07, 6.45) is -33.4. The molecule has 15 N–H and O–H groups in total. The van der Waals surface area contributed by atoms with Gasteiger partial charge in [0.05, 0.1) is 33.0 Å². The first-order valence-corrected chi connectivity index (χ1v) is 14.0. The van der Waals surface area contributed by atoms with E-state index in [0.29, 0.717) is 0 Å². The summed E-state index contributed by atoms with van der Waals surface area (Å²) in [4.78, 5) is 0. The van der Waals surface area contributed by atoms with Crippen molar-refractivity contribution in [1.82, 2.24) is 0 Å². The standard InChI is InChI=1S/C24H44O21/c25-1-6(27)11(29)12(30)7(28)3-40-22-20(38)17(35)14(32)9(44-22)5-42-24-21(39)18(36)15(33)10(45-24)4-41-23-19(37)16(34)13(31)8(2-26)43-23/h6-39H,1-5H2/t6-,7-,8-,9-,10-,11-,12-,13-,14-,15-,16+,17+,18+,19-,20-,21-,22-,23-,24-/m1/s1. The lowest BCUT2D eigenvalue weighted by atomic mass is 9.98. The van der Waals surface area contributed by atoms with E-state index in [9.17, 15) is 71.5 Å². The van der Waals surface area contributed by atoms with Crippen molar-refractivity contribution in [1.29, 1.82) is 0 Å². The smallest absolute Gasteiger partial charge is 0.186 e. The Morgan fingerprint density at radius 1 is 0.444 bits per heavy atom. The molecule has 0 saturated carbocycles. The third-order valence-corrected chi connectivity index (χ3v) is 7.79. The molecule has 0 bridgehead atoms. The number of rotatable bonds is 14. The van der Waals surface area contributed by atoms with E-state index in [0.717, 1.165) is 0 Å². The van der Waals surface area contributed by atoms with Crippen molar-refractivity contribution in [2.24, 2.45) is 0 Å². The van der Waals surface area contributed by atoms with Crippen molar-refractivity contribution in [3.63, 3.8) is 0 Å². The van der Waals surface area contributed by atoms with Gasteiger partial charge < -0.3 is 105 Å². The van der Waals surface area contributed by atoms with E-state index in [-0.39, 0.29) is 0 Å². The molecule has 3 heterocycles. The summed E-state index contributed by atoms with van der Waals surface area (Å²) < 4.78 is 31.9. The molecule has 0 radical (unpaired) electrons. The third-order valence-electron chi connectivity index (χ3n) is 7.79. The van der Waals surface area contributed by atoms with Gasteiger partial charge in [-0.15, -0.1) is 0 Å². The third kappa shape index (κ3) is 9.00. The Balaban J connectivity index is 1.58. The Bertz CT molecular complexity index is 871. The molecule has 21 nitrogen and oxygen atoms in total. The molecule has 266 valence electrons. The zero-order chi connectivity index (χ0) is 33.7. The lowest BCUT2D eigenvalue weighted by Gasteiger charge is -2.44. The summed E-state index contributed by atoms with van der Waals surface area (Å²) in [5.41, 5.74) is 0. The van der Waals surface area contributed by atoms with E-state index < -0.39 is 150 Å². The topological polar surface area (TPSA) is 359 Å². The highest BCUT2D eigenvalue weighted by Crippen LogP contribution is 2.28. The Labute approximate surface area is 255 Å². The second-order valence-corrected chi connectivity index (χ2v) is 11.0. The van der Waals surface area contributed by atoms with Gasteiger partial charge in [-0.2, -0.15) is 0 Å². The second kappa shape index (κ2) is 17.0. The van der Waals surface area contributed by atoms with Crippen LogP contribution in [0.5, 0.6) is 0 Å². The van der Waals surface area contributed by atoms with Crippen molar-refractivity contribution in [3.8, 4) is 0 Å². The molecule has 0 unspecified atom stereocenters. The zero-order valence-corrected chi connectivity index (χ0v) is 23.7. The lowest BCUT2D eigenvalue weighted by Crippen LogP contribution is -2.62. The van der Waals surface area contributed by atoms with Crippen molar-refractivity contribution in [2.45, 2.75) is 117 Å². The molecule has 19 atom stereocenters. The van der Waals surface area contributed by atoms with Crippen LogP contribution >= 0.6 is 0 Å². The van der Waals surface area contributed by atoms with E-state index in [1.165, 1.54) is 0 Å². The molecule has 3 aliphatic rings. The molecule has 3 aliphatic heterocycles. The van der Waals surface area contributed by atoms with Crippen LogP contribution in [0, 0.1) is 0 Å². The van der Waals surface area contributed by atoms with Crippen molar-refractivity contribution in [3.05, 3.63) is 0 Å². The number of ether oxygens (including phenoxy) is 6. The van der Waals surface area contributed by atoms with E-state index in [4.69, 9.17) is 33.5 Å². The maximum Gasteiger partial charge on any atom is 0.186 e. The van der Waals surface area contributed by atoms with Crippen molar-refractivity contribution in [2.75, 3.05) is 33.0 Å². The van der Waals surface area contributed by atoms with Crippen LogP contribution in [-0.4, -0.2) is 226 Å². The van der Waals surface area contributed by atoms with Crippen molar-refractivity contribution < 1.29 is 105 Å². The minimum Gasteiger partial charge on any atom is -0.394 e. The number of aliphatic hydroxyl groups is 15. The SMILES string of the molecule is OC[C@@H](O)[C@@H](O)[C@H](O)[C@H](O)CO[C@@H]1O[C@H](CO[C@@H]2O[C@H](CO[C@@H]3O[C@H](CO)[C@@H](O)[C@H](O)[C@H]3O)[C@@H](O)[C@H](O)[C@H]2O)[C@@H](O)[C@H](O)[C@H]1O. The monoisotopic (exact) mass is 668 g/mol. The second-order valence-electron chi connectivity index (χ2n) is 11.0. The largest absolute Gasteiger partial charge is 0.394 e. The van der Waals surface area contributed by atoms with Gasteiger partial charge in [0, 0.05) is 0 Å². The minimum absolute atomic E-state index is 0.644. The van der Waals surface area contributed by atoms with Gasteiger partial charge in [-0.25, -0.2) is 0 Å². The van der Waals surface area contributed by atoms with Crippen LogP contribution in [-0.2, 0) is 28.4 Å². The fourth-order valence-corrected chi connectivity index (χ4v) is 4.82. The summed E-state index contributed by atoms with van der Waals surface area (Å²) in [5, 5.41) is 149. The maximum atomic E-state index is 10.4. The fourth-order valence-electron chi connectivity index (χ4n) is 4.82. The van der Waals surface area contributed by atoms with Crippen LogP contribution in [0.2, 0.25) is 0 Å². The number of hydrogen-bond donors (Lipinski definition) is 15. The van der Waals surface area contributed by atoms with E-state index in [1.807, 2.05) is 0 Å². The summed E-state index contributed by atoms with van der Waals surface area (Å²) in [5.74, 6) is 0. The van der Waals surface area contributed by atoms with Gasteiger partial charge in [-0.05, 0) is 0 Å². The number of aliphatic hydroxyl groups excluding tert-OH is 15. The van der Waals surface area contributed by atoms with Gasteiger partial charge in [-0.1, -0.05) is 0 Å². The van der Waals surface area contributed by atoms with E-state index >= 15 is 0 Å². The summed E-state index contributed by atoms with van der Waals surface area (Å²) in [6.45, 7) is -3.85. The van der Waals surface area contributed by atoms with E-state index in [2.05, 4.69) is 0 Å². The molecule has 0 aromatic carbocycles. The van der Waals surface area contributed by atoms with Crippen LogP contribution in [0.3, 0.4) is 0 Å². The Hall–Kier alpha value is -0.840. The minimum atomic E-state index is -2.01. The Morgan fingerprint density at radius 3 is 1.20 bits per heavy atom. The predicted molar refractivity (Wildman–Crippen MR) is 136 cm³/mol. The van der Waals surface area contributed by atoms with Gasteiger partial charge in [0.15, 0.2) is 18.9 Å². The highest BCUT2D eigenvalue weighted by atomic mass is 16.7. The molecule has 3 fully saturated rings. The molecule has 3 rings (SSSR count). The first-order chi connectivity index (χ1) is 21.1. The zero-order valence-electron chi connectivity index (χ0n) is 23.7. The highest BCUT2D eigenvalue weighted by Gasteiger charge is 2.49. The Kier molecular flexibility index (Phi) is 14.6. The van der Waals surface area contributed by atoms with Crippen LogP contribution in [0.4, 0.5) is 0 Å². The summed E-state index contributed by atoms with van der Waals surface area (Å²) >= 11 is 0. The quantitative estimate of drug-likeness (QED) is 0.0816. The molecular weight excluding hydrogens is 624 g/mol. The molecule has 0 amide bonds. The number of hydrogen-bond acceptors (Lipinski definition) is 21. The molecule has 3 saturated heterocycles. The van der Waals surface area contributed by atoms with Crippen LogP contribution < -0.4 is 0 Å². The molecule has 0 aromatic rings. The molecule has 0 aliphatic carbocycles. The molecule has 0 aromatic heterocycles. The van der Waals surface area contributed by atoms with Gasteiger partial charge in [0.2, 0.25) is 0 Å². The summed E-state index contributed by atoms with van der Waals surface area (Å²) in [6, 6.07) is 0. The average Bonchev–Trinajstić information content (AvgIpc) is 3.03. The maximum absolute atomic E-state index is 10.4. The van der Waals surface area contributed by atoms with E-state index in [1.54, 1.807) is 0 Å². The predicted octanol–water partition coefficient (Wildman–Crippen LogP) is -10.1.